The van der Waals surface area contributed by atoms with E-state index in [9.17, 15) is 14.7 Å². The Morgan fingerprint density at radius 3 is 2.62 bits per heavy atom. The van der Waals surface area contributed by atoms with Gasteiger partial charge in [0.1, 0.15) is 5.60 Å². The highest BCUT2D eigenvalue weighted by Gasteiger charge is 2.32. The Bertz CT molecular complexity index is 849. The maximum Gasteiger partial charge on any atom is 0.255 e. The standard InChI is InChI=1S/C21H29N5O3/c1-21(2,29)20(28)26-10-7-15(8-11-26)12-18-17(14-25(3)24-18)19(27)23-13-16-6-4-5-9-22-16/h4-6,9,14-15,29H,7-8,10-13H2,1-3H3,(H,23,27). The molecule has 0 bridgehead atoms. The van der Waals surface area contributed by atoms with Crippen LogP contribution in [0.2, 0.25) is 0 Å². The van der Waals surface area contributed by atoms with Gasteiger partial charge >= 0.3 is 0 Å². The predicted octanol–water partition coefficient (Wildman–Crippen LogP) is 1.30. The lowest BCUT2D eigenvalue weighted by molar-refractivity contribution is -0.149. The van der Waals surface area contributed by atoms with Crippen LogP contribution in [0, 0.1) is 5.92 Å². The summed E-state index contributed by atoms with van der Waals surface area (Å²) in [5.41, 5.74) is 0.819. The molecule has 2 aromatic heterocycles. The Morgan fingerprint density at radius 1 is 1.28 bits per heavy atom. The van der Waals surface area contributed by atoms with Crippen LogP contribution >= 0.6 is 0 Å². The number of amides is 2. The van der Waals surface area contributed by atoms with Crippen molar-refractivity contribution in [3.63, 3.8) is 0 Å². The fraction of sp³-hybridized carbons (Fsp3) is 0.524. The lowest BCUT2D eigenvalue weighted by Gasteiger charge is -2.35. The summed E-state index contributed by atoms with van der Waals surface area (Å²) in [6.45, 7) is 4.63. The highest BCUT2D eigenvalue weighted by molar-refractivity contribution is 5.95. The monoisotopic (exact) mass is 399 g/mol. The Kier molecular flexibility index (Phi) is 6.32. The van der Waals surface area contributed by atoms with Gasteiger partial charge in [0.05, 0.1) is 23.5 Å². The van der Waals surface area contributed by atoms with Gasteiger partial charge in [0, 0.05) is 32.5 Å². The smallest absolute Gasteiger partial charge is 0.255 e. The van der Waals surface area contributed by atoms with Gasteiger partial charge in [-0.2, -0.15) is 5.10 Å². The minimum atomic E-state index is -1.34. The van der Waals surface area contributed by atoms with E-state index >= 15 is 0 Å². The van der Waals surface area contributed by atoms with Crippen molar-refractivity contribution in [2.24, 2.45) is 13.0 Å². The average Bonchev–Trinajstić information content (AvgIpc) is 3.06. The molecule has 1 fully saturated rings. The molecule has 8 nitrogen and oxygen atoms in total. The number of nitrogens with zero attached hydrogens (tertiary/aromatic N) is 4. The van der Waals surface area contributed by atoms with Gasteiger partial charge in [0.2, 0.25) is 0 Å². The highest BCUT2D eigenvalue weighted by atomic mass is 16.3. The van der Waals surface area contributed by atoms with Crippen molar-refractivity contribution in [3.8, 4) is 0 Å². The number of aryl methyl sites for hydroxylation is 1. The van der Waals surface area contributed by atoms with Gasteiger partial charge in [-0.25, -0.2) is 0 Å². The molecule has 0 atom stereocenters. The van der Waals surface area contributed by atoms with Crippen molar-refractivity contribution >= 4 is 11.8 Å². The summed E-state index contributed by atoms with van der Waals surface area (Å²) in [7, 11) is 1.81. The fourth-order valence-corrected chi connectivity index (χ4v) is 3.64. The molecule has 3 heterocycles. The normalized spacial score (nSPS) is 15.4. The fourth-order valence-electron chi connectivity index (χ4n) is 3.64. The van der Waals surface area contributed by atoms with E-state index in [0.29, 0.717) is 37.5 Å². The number of hydrogen-bond acceptors (Lipinski definition) is 5. The number of aliphatic hydroxyl groups is 1. The van der Waals surface area contributed by atoms with Crippen molar-refractivity contribution in [1.29, 1.82) is 0 Å². The zero-order valence-corrected chi connectivity index (χ0v) is 17.3. The third-order valence-electron chi connectivity index (χ3n) is 5.21. The second-order valence-electron chi connectivity index (χ2n) is 8.17. The van der Waals surface area contributed by atoms with Gasteiger partial charge in [-0.15, -0.1) is 0 Å². The number of piperidine rings is 1. The lowest BCUT2D eigenvalue weighted by Crippen LogP contribution is -2.48. The molecular formula is C21H29N5O3. The average molecular weight is 399 g/mol. The zero-order chi connectivity index (χ0) is 21.0. The molecule has 0 saturated carbocycles. The first-order chi connectivity index (χ1) is 13.7. The Balaban J connectivity index is 1.58. The van der Waals surface area contributed by atoms with E-state index in [4.69, 9.17) is 0 Å². The molecular weight excluding hydrogens is 370 g/mol. The number of aromatic nitrogens is 3. The van der Waals surface area contributed by atoms with Crippen molar-refractivity contribution in [3.05, 3.63) is 47.5 Å². The van der Waals surface area contributed by atoms with Gasteiger partial charge in [-0.1, -0.05) is 6.07 Å². The molecule has 2 aromatic rings. The lowest BCUT2D eigenvalue weighted by atomic mass is 9.90. The minimum absolute atomic E-state index is 0.159. The number of likely N-dealkylation sites (tertiary alicyclic amines) is 1. The molecule has 0 aromatic carbocycles. The maximum atomic E-state index is 12.7. The topological polar surface area (TPSA) is 100 Å². The van der Waals surface area contributed by atoms with Crippen LogP contribution in [0.1, 0.15) is 48.4 Å². The number of carbonyl (C=O) groups excluding carboxylic acids is 2. The van der Waals surface area contributed by atoms with Crippen LogP contribution in [-0.2, 0) is 24.8 Å². The Morgan fingerprint density at radius 2 is 2.00 bits per heavy atom. The summed E-state index contributed by atoms with van der Waals surface area (Å²) in [4.78, 5) is 30.8. The van der Waals surface area contributed by atoms with Gasteiger partial charge in [-0.3, -0.25) is 19.3 Å². The molecule has 29 heavy (non-hydrogen) atoms. The first-order valence-electron chi connectivity index (χ1n) is 9.96. The first-order valence-corrected chi connectivity index (χ1v) is 9.96. The number of nitrogens with one attached hydrogen (secondary N) is 1. The van der Waals surface area contributed by atoms with Gasteiger partial charge in [0.25, 0.3) is 11.8 Å². The molecule has 0 unspecified atom stereocenters. The predicted molar refractivity (Wildman–Crippen MR) is 108 cm³/mol. The van der Waals surface area contributed by atoms with Crippen LogP contribution in [0.15, 0.2) is 30.6 Å². The minimum Gasteiger partial charge on any atom is -0.381 e. The second-order valence-corrected chi connectivity index (χ2v) is 8.17. The molecule has 1 aliphatic rings. The van der Waals surface area contributed by atoms with Crippen LogP contribution in [0.5, 0.6) is 0 Å². The number of pyridine rings is 1. The summed E-state index contributed by atoms with van der Waals surface area (Å²) in [6.07, 6.45) is 5.79. The molecule has 0 aliphatic carbocycles. The molecule has 1 aliphatic heterocycles. The number of hydrogen-bond donors (Lipinski definition) is 2. The zero-order valence-electron chi connectivity index (χ0n) is 17.3. The molecule has 1 saturated heterocycles. The van der Waals surface area contributed by atoms with Crippen molar-refractivity contribution in [2.75, 3.05) is 13.1 Å². The maximum absolute atomic E-state index is 12.7. The molecule has 2 amide bonds. The number of carbonyl (C=O) groups is 2. The summed E-state index contributed by atoms with van der Waals surface area (Å²) in [5, 5.41) is 17.3. The second kappa shape index (κ2) is 8.73. The summed E-state index contributed by atoms with van der Waals surface area (Å²) >= 11 is 0. The van der Waals surface area contributed by atoms with Crippen molar-refractivity contribution in [1.82, 2.24) is 25.0 Å². The van der Waals surface area contributed by atoms with E-state index in [2.05, 4.69) is 15.4 Å². The van der Waals surface area contributed by atoms with Crippen molar-refractivity contribution in [2.45, 2.75) is 45.3 Å². The van der Waals surface area contributed by atoms with Crippen LogP contribution < -0.4 is 5.32 Å². The van der Waals surface area contributed by atoms with Gasteiger partial charge in [0.15, 0.2) is 0 Å². The molecule has 8 heteroatoms. The Labute approximate surface area is 170 Å². The SMILES string of the molecule is Cn1cc(C(=O)NCc2ccccn2)c(CC2CCN(C(=O)C(C)(C)O)CC2)n1. The van der Waals surface area contributed by atoms with E-state index < -0.39 is 5.60 Å². The van der Waals surface area contributed by atoms with Gasteiger partial charge < -0.3 is 15.3 Å². The third kappa shape index (κ3) is 5.41. The summed E-state index contributed by atoms with van der Waals surface area (Å²) < 4.78 is 1.66. The van der Waals surface area contributed by atoms with E-state index in [1.165, 1.54) is 13.8 Å². The largest absolute Gasteiger partial charge is 0.381 e. The molecule has 0 radical (unpaired) electrons. The van der Waals surface area contributed by atoms with E-state index in [1.54, 1.807) is 22.0 Å². The molecule has 0 spiro atoms. The first kappa shape index (κ1) is 21.0. The van der Waals surface area contributed by atoms with E-state index in [1.807, 2.05) is 25.2 Å². The Hall–Kier alpha value is -2.74. The van der Waals surface area contributed by atoms with E-state index in [0.717, 1.165) is 24.2 Å². The van der Waals surface area contributed by atoms with Crippen molar-refractivity contribution < 1.29 is 14.7 Å². The van der Waals surface area contributed by atoms with Crippen LogP contribution in [0.25, 0.3) is 0 Å². The molecule has 2 N–H and O–H groups in total. The van der Waals surface area contributed by atoms with E-state index in [-0.39, 0.29) is 11.8 Å². The summed E-state index contributed by atoms with van der Waals surface area (Å²) in [5.74, 6) is -0.0464. The quantitative estimate of drug-likeness (QED) is 0.763. The van der Waals surface area contributed by atoms with Crippen LogP contribution in [0.4, 0.5) is 0 Å². The third-order valence-corrected chi connectivity index (χ3v) is 5.21. The van der Waals surface area contributed by atoms with Crippen LogP contribution in [-0.4, -0.2) is 55.3 Å². The molecule has 3 rings (SSSR count). The molecule has 156 valence electrons. The van der Waals surface area contributed by atoms with Crippen LogP contribution in [0.3, 0.4) is 0 Å². The number of rotatable bonds is 6. The van der Waals surface area contributed by atoms with Gasteiger partial charge in [-0.05, 0) is 51.2 Å². The summed E-state index contributed by atoms with van der Waals surface area (Å²) in [6, 6.07) is 5.59. The highest BCUT2D eigenvalue weighted by Crippen LogP contribution is 2.24.